The van der Waals surface area contributed by atoms with Gasteiger partial charge in [0.15, 0.2) is 0 Å². The number of ether oxygens (including phenoxy) is 2. The fraction of sp³-hybridized carbons (Fsp3) is 0.227. The van der Waals surface area contributed by atoms with Crippen molar-refractivity contribution in [3.05, 3.63) is 92.5 Å². The molecule has 7 heteroatoms. The highest BCUT2D eigenvalue weighted by atomic mass is 79.9. The average Bonchev–Trinajstić information content (AvgIpc) is 3.24. The van der Waals surface area contributed by atoms with Crippen molar-refractivity contribution < 1.29 is 14.6 Å². The van der Waals surface area contributed by atoms with Gasteiger partial charge in [0, 0.05) is 39.4 Å². The fourth-order valence-electron chi connectivity index (χ4n) is 3.52. The Bertz CT molecular complexity index is 1010. The van der Waals surface area contributed by atoms with Crippen LogP contribution in [0.15, 0.2) is 65.3 Å². The average molecular weight is 476 g/mol. The Morgan fingerprint density at radius 3 is 2.48 bits per heavy atom. The van der Waals surface area contributed by atoms with Crippen molar-refractivity contribution in [3.8, 4) is 0 Å². The van der Waals surface area contributed by atoms with E-state index in [1.165, 1.54) is 0 Å². The quantitative estimate of drug-likeness (QED) is 0.551. The van der Waals surface area contributed by atoms with Gasteiger partial charge >= 0.3 is 0 Å². The first-order valence-corrected chi connectivity index (χ1v) is 10.4. The number of anilines is 1. The second-order valence-corrected chi connectivity index (χ2v) is 8.04. The van der Waals surface area contributed by atoms with Gasteiger partial charge in [-0.3, -0.25) is 0 Å². The van der Waals surface area contributed by atoms with Gasteiger partial charge in [-0.05, 0) is 35.9 Å². The Hall–Kier alpha value is -1.96. The molecule has 0 radical (unpaired) electrons. The molecule has 2 N–H and O–H groups in total. The Morgan fingerprint density at radius 1 is 1.10 bits per heavy atom. The molecule has 1 unspecified atom stereocenters. The summed E-state index contributed by atoms with van der Waals surface area (Å²) >= 11 is 9.52. The topological polar surface area (TPSA) is 63.6 Å². The van der Waals surface area contributed by atoms with Crippen LogP contribution in [-0.2, 0) is 15.3 Å². The van der Waals surface area contributed by atoms with Gasteiger partial charge in [0.25, 0.3) is 0 Å². The summed E-state index contributed by atoms with van der Waals surface area (Å²) in [4.78, 5) is 4.53. The van der Waals surface area contributed by atoms with E-state index in [4.69, 9.17) is 21.1 Å². The third-order valence-electron chi connectivity index (χ3n) is 4.91. The minimum absolute atomic E-state index is 0.458. The van der Waals surface area contributed by atoms with Crippen molar-refractivity contribution in [2.75, 3.05) is 25.6 Å². The fourth-order valence-corrected chi connectivity index (χ4v) is 4.06. The van der Waals surface area contributed by atoms with E-state index in [0.29, 0.717) is 35.2 Å². The molecule has 0 aliphatic carbocycles. The molecule has 4 rings (SSSR count). The van der Waals surface area contributed by atoms with E-state index in [9.17, 15) is 5.11 Å². The summed E-state index contributed by atoms with van der Waals surface area (Å²) in [5, 5.41) is 14.8. The van der Waals surface area contributed by atoms with Crippen molar-refractivity contribution in [1.29, 1.82) is 0 Å². The Labute approximate surface area is 182 Å². The number of nitrogens with zero attached hydrogens (tertiary/aromatic N) is 1. The van der Waals surface area contributed by atoms with Crippen LogP contribution in [-0.4, -0.2) is 30.4 Å². The number of nitrogens with one attached hydrogen (secondary N) is 1. The van der Waals surface area contributed by atoms with Crippen molar-refractivity contribution in [2.45, 2.75) is 11.9 Å². The van der Waals surface area contributed by atoms with Crippen LogP contribution < -0.4 is 5.32 Å². The number of hydrogen-bond acceptors (Lipinski definition) is 5. The maximum Gasteiger partial charge on any atom is 0.224 e. The summed E-state index contributed by atoms with van der Waals surface area (Å²) in [5.41, 5.74) is 2.92. The normalized spacial score (nSPS) is 16.6. The van der Waals surface area contributed by atoms with Crippen molar-refractivity contribution in [3.63, 3.8) is 0 Å². The van der Waals surface area contributed by atoms with Gasteiger partial charge in [-0.2, -0.15) is 0 Å². The first kappa shape index (κ1) is 20.3. The van der Waals surface area contributed by atoms with E-state index < -0.39 is 11.9 Å². The molecule has 2 heterocycles. The molecule has 0 saturated carbocycles. The Kier molecular flexibility index (Phi) is 5.90. The van der Waals surface area contributed by atoms with Crippen LogP contribution in [0.5, 0.6) is 0 Å². The minimum atomic E-state index is -1.09. The lowest BCUT2D eigenvalue weighted by molar-refractivity contribution is -0.130. The molecule has 3 aromatic rings. The number of aliphatic hydroxyl groups is 1. The lowest BCUT2D eigenvalue weighted by Gasteiger charge is -2.29. The lowest BCUT2D eigenvalue weighted by Crippen LogP contribution is -2.29. The number of benzene rings is 2. The molecular formula is C22H20BrClN2O3. The van der Waals surface area contributed by atoms with Gasteiger partial charge in [-0.25, -0.2) is 4.98 Å². The van der Waals surface area contributed by atoms with Crippen LogP contribution in [0, 0.1) is 0 Å². The second-order valence-electron chi connectivity index (χ2n) is 6.69. The van der Waals surface area contributed by atoms with Crippen LogP contribution in [0.1, 0.15) is 28.4 Å². The maximum atomic E-state index is 11.1. The number of pyridine rings is 1. The molecule has 1 atom stereocenters. The molecule has 0 spiro atoms. The zero-order valence-electron chi connectivity index (χ0n) is 15.7. The van der Waals surface area contributed by atoms with Crippen LogP contribution in [0.4, 0.5) is 5.82 Å². The summed E-state index contributed by atoms with van der Waals surface area (Å²) < 4.78 is 13.0. The van der Waals surface area contributed by atoms with Crippen molar-refractivity contribution in [2.24, 2.45) is 0 Å². The van der Waals surface area contributed by atoms with E-state index in [1.54, 1.807) is 25.4 Å². The molecule has 1 fully saturated rings. The lowest BCUT2D eigenvalue weighted by atomic mass is 9.94. The van der Waals surface area contributed by atoms with E-state index in [-0.39, 0.29) is 0 Å². The smallest absolute Gasteiger partial charge is 0.224 e. The molecule has 0 bridgehead atoms. The first-order chi connectivity index (χ1) is 14.0. The largest absolute Gasteiger partial charge is 0.384 e. The zero-order chi connectivity index (χ0) is 20.4. The van der Waals surface area contributed by atoms with Crippen LogP contribution >= 0.6 is 27.5 Å². The number of aliphatic hydroxyl groups excluding tert-OH is 1. The van der Waals surface area contributed by atoms with Crippen molar-refractivity contribution in [1.82, 2.24) is 4.98 Å². The van der Waals surface area contributed by atoms with Gasteiger partial charge in [-0.1, -0.05) is 51.8 Å². The number of hydrogen-bond donors (Lipinski definition) is 2. The monoisotopic (exact) mass is 474 g/mol. The summed E-state index contributed by atoms with van der Waals surface area (Å²) in [6.45, 7) is 0.917. The van der Waals surface area contributed by atoms with E-state index in [0.717, 1.165) is 15.6 Å². The van der Waals surface area contributed by atoms with E-state index >= 15 is 0 Å². The zero-order valence-corrected chi connectivity index (χ0v) is 18.1. The van der Waals surface area contributed by atoms with Gasteiger partial charge in [0.05, 0.1) is 13.2 Å². The molecule has 1 aromatic heterocycles. The summed E-state index contributed by atoms with van der Waals surface area (Å²) in [7, 11) is 1.77. The molecule has 29 heavy (non-hydrogen) atoms. The van der Waals surface area contributed by atoms with Crippen LogP contribution in [0.25, 0.3) is 0 Å². The third kappa shape index (κ3) is 3.91. The third-order valence-corrected chi connectivity index (χ3v) is 5.66. The van der Waals surface area contributed by atoms with Gasteiger partial charge < -0.3 is 19.9 Å². The highest BCUT2D eigenvalue weighted by Gasteiger charge is 2.41. The summed E-state index contributed by atoms with van der Waals surface area (Å²) in [6, 6.07) is 16.8. The Morgan fingerprint density at radius 2 is 1.83 bits per heavy atom. The summed E-state index contributed by atoms with van der Waals surface area (Å²) in [5.74, 6) is -0.499. The van der Waals surface area contributed by atoms with Crippen LogP contribution in [0.2, 0.25) is 5.02 Å². The van der Waals surface area contributed by atoms with E-state index in [1.807, 2.05) is 42.5 Å². The molecule has 150 valence electrons. The highest BCUT2D eigenvalue weighted by Crippen LogP contribution is 2.40. The maximum absolute atomic E-state index is 11.1. The van der Waals surface area contributed by atoms with Gasteiger partial charge in [0.2, 0.25) is 5.79 Å². The Balaban J connectivity index is 1.82. The standard InChI is InChI=1S/C22H20BrClN2O3/c1-25-21-19(20(27)14-3-2-4-17(23)11-14)12-16(13-26-21)22(28-9-10-29-22)15-5-7-18(24)8-6-15/h2-8,11-13,20,27H,9-10H2,1H3,(H,25,26). The minimum Gasteiger partial charge on any atom is -0.384 e. The molecule has 1 aliphatic rings. The molecule has 1 saturated heterocycles. The molecule has 5 nitrogen and oxygen atoms in total. The SMILES string of the molecule is CNc1ncc(C2(c3ccc(Cl)cc3)OCCO2)cc1C(O)c1cccc(Br)c1. The van der Waals surface area contributed by atoms with Crippen molar-refractivity contribution >= 4 is 33.3 Å². The number of halogens is 2. The summed E-state index contributed by atoms with van der Waals surface area (Å²) in [6.07, 6.45) is 0.842. The second kappa shape index (κ2) is 8.42. The van der Waals surface area contributed by atoms with Gasteiger partial charge in [-0.15, -0.1) is 0 Å². The number of aromatic nitrogens is 1. The van der Waals surface area contributed by atoms with Gasteiger partial charge in [0.1, 0.15) is 11.9 Å². The molecule has 1 aliphatic heterocycles. The van der Waals surface area contributed by atoms with Crippen LogP contribution in [0.3, 0.4) is 0 Å². The number of rotatable bonds is 5. The first-order valence-electron chi connectivity index (χ1n) is 9.19. The van der Waals surface area contributed by atoms with E-state index in [2.05, 4.69) is 26.2 Å². The highest BCUT2D eigenvalue weighted by molar-refractivity contribution is 9.10. The molecular weight excluding hydrogens is 456 g/mol. The predicted molar refractivity (Wildman–Crippen MR) is 116 cm³/mol. The molecule has 2 aromatic carbocycles. The predicted octanol–water partition coefficient (Wildman–Crippen LogP) is 4.87. The molecule has 0 amide bonds.